The first-order valence-electron chi connectivity index (χ1n) is 5.72. The molecule has 16 heavy (non-hydrogen) atoms. The van der Waals surface area contributed by atoms with Gasteiger partial charge in [0.2, 0.25) is 0 Å². The number of carbonyl (C=O) groups is 1. The summed E-state index contributed by atoms with van der Waals surface area (Å²) in [5.74, 6) is 1.34. The summed E-state index contributed by atoms with van der Waals surface area (Å²) in [4.78, 5) is 15.1. The summed E-state index contributed by atoms with van der Waals surface area (Å²) in [6.07, 6.45) is 2.28. The van der Waals surface area contributed by atoms with E-state index in [9.17, 15) is 4.79 Å². The van der Waals surface area contributed by atoms with Gasteiger partial charge in [0.05, 0.1) is 0 Å². The number of nitrogens with two attached hydrogens (primary N) is 1. The van der Waals surface area contributed by atoms with Crippen molar-refractivity contribution in [2.45, 2.75) is 40.0 Å². The van der Waals surface area contributed by atoms with Gasteiger partial charge in [-0.05, 0) is 18.3 Å². The maximum atomic E-state index is 10.9. The van der Waals surface area contributed by atoms with Crippen molar-refractivity contribution in [1.29, 1.82) is 0 Å². The zero-order valence-corrected chi connectivity index (χ0v) is 10.4. The highest BCUT2D eigenvalue weighted by molar-refractivity contribution is 5.90. The molecule has 2 N–H and O–H groups in total. The molecule has 1 heterocycles. The van der Waals surface area contributed by atoms with Crippen LogP contribution in [0.25, 0.3) is 0 Å². The average Bonchev–Trinajstić information content (AvgIpc) is 2.68. The molecule has 0 aliphatic rings. The number of rotatable bonds is 5. The van der Waals surface area contributed by atoms with Crippen LogP contribution in [0.1, 0.15) is 56.4 Å². The Balaban J connectivity index is 2.91. The van der Waals surface area contributed by atoms with Crippen molar-refractivity contribution in [3.63, 3.8) is 0 Å². The van der Waals surface area contributed by atoms with E-state index in [-0.39, 0.29) is 11.6 Å². The van der Waals surface area contributed by atoms with Crippen LogP contribution >= 0.6 is 0 Å². The molecule has 1 rings (SSSR count). The molecule has 4 nitrogen and oxygen atoms in total. The molecule has 4 heteroatoms. The van der Waals surface area contributed by atoms with Crippen molar-refractivity contribution in [1.82, 2.24) is 4.98 Å². The van der Waals surface area contributed by atoms with Gasteiger partial charge >= 0.3 is 0 Å². The van der Waals surface area contributed by atoms with Crippen molar-refractivity contribution in [3.8, 4) is 0 Å². The Labute approximate surface area is 96.2 Å². The summed E-state index contributed by atoms with van der Waals surface area (Å²) in [6.45, 7) is 8.61. The molecule has 1 amide bonds. The quantitative estimate of drug-likeness (QED) is 0.835. The van der Waals surface area contributed by atoms with Gasteiger partial charge in [0.1, 0.15) is 6.26 Å². The normalized spacial score (nSPS) is 15.1. The van der Waals surface area contributed by atoms with Gasteiger partial charge in [-0.3, -0.25) is 4.79 Å². The van der Waals surface area contributed by atoms with Gasteiger partial charge in [-0.1, -0.05) is 27.7 Å². The van der Waals surface area contributed by atoms with Gasteiger partial charge < -0.3 is 10.2 Å². The van der Waals surface area contributed by atoms with Gasteiger partial charge in [0, 0.05) is 5.92 Å². The van der Waals surface area contributed by atoms with Crippen LogP contribution in [-0.2, 0) is 0 Å². The molecule has 0 aliphatic heterocycles. The number of hydrogen-bond donors (Lipinski definition) is 1. The number of nitrogens with zero attached hydrogens (tertiary/aromatic N) is 1. The summed E-state index contributed by atoms with van der Waals surface area (Å²) in [7, 11) is 0. The third kappa shape index (κ3) is 2.62. The number of amides is 1. The van der Waals surface area contributed by atoms with Gasteiger partial charge in [-0.2, -0.15) is 0 Å². The average molecular weight is 224 g/mol. The molecule has 0 saturated carbocycles. The Bertz CT molecular complexity index is 358. The van der Waals surface area contributed by atoms with Gasteiger partial charge in [0.25, 0.3) is 5.91 Å². The van der Waals surface area contributed by atoms with E-state index in [1.165, 1.54) is 6.26 Å². The predicted octanol–water partition coefficient (Wildman–Crippen LogP) is 2.56. The van der Waals surface area contributed by atoms with Crippen molar-refractivity contribution in [2.75, 3.05) is 0 Å². The summed E-state index contributed by atoms with van der Waals surface area (Å²) in [5, 5.41) is 0. The Morgan fingerprint density at radius 1 is 1.50 bits per heavy atom. The molecule has 0 radical (unpaired) electrons. The first-order chi connectivity index (χ1) is 7.47. The van der Waals surface area contributed by atoms with Crippen molar-refractivity contribution < 1.29 is 9.21 Å². The second-order valence-corrected chi connectivity index (χ2v) is 4.55. The number of carbonyl (C=O) groups excluding carboxylic acids is 1. The minimum Gasteiger partial charge on any atom is -0.448 e. The van der Waals surface area contributed by atoms with E-state index in [4.69, 9.17) is 10.2 Å². The van der Waals surface area contributed by atoms with E-state index in [1.807, 2.05) is 0 Å². The first kappa shape index (κ1) is 12.7. The zero-order chi connectivity index (χ0) is 12.3. The summed E-state index contributed by atoms with van der Waals surface area (Å²) in [5.41, 5.74) is 5.36. The van der Waals surface area contributed by atoms with Crippen LogP contribution in [0.4, 0.5) is 0 Å². The van der Waals surface area contributed by atoms with Crippen LogP contribution in [0, 0.1) is 11.8 Å². The molecule has 1 aromatic rings. The highest BCUT2D eigenvalue weighted by Gasteiger charge is 2.25. The molecule has 0 fully saturated rings. The highest BCUT2D eigenvalue weighted by Crippen LogP contribution is 2.31. The summed E-state index contributed by atoms with van der Waals surface area (Å²) < 4.78 is 5.34. The molecule has 0 aromatic carbocycles. The fourth-order valence-corrected chi connectivity index (χ4v) is 1.81. The summed E-state index contributed by atoms with van der Waals surface area (Å²) in [6, 6.07) is 0. The lowest BCUT2D eigenvalue weighted by molar-refractivity contribution is 0.0995. The number of aromatic nitrogens is 1. The maximum absolute atomic E-state index is 10.9. The third-order valence-electron chi connectivity index (χ3n) is 3.22. The van der Waals surface area contributed by atoms with Crippen LogP contribution in [0.2, 0.25) is 0 Å². The van der Waals surface area contributed by atoms with Crippen LogP contribution in [-0.4, -0.2) is 10.9 Å². The van der Waals surface area contributed by atoms with Crippen LogP contribution in [0.5, 0.6) is 0 Å². The highest BCUT2D eigenvalue weighted by atomic mass is 16.3. The molecule has 0 unspecified atom stereocenters. The topological polar surface area (TPSA) is 69.1 Å². The zero-order valence-electron chi connectivity index (χ0n) is 10.4. The Morgan fingerprint density at radius 2 is 2.12 bits per heavy atom. The van der Waals surface area contributed by atoms with Gasteiger partial charge in [-0.15, -0.1) is 0 Å². The molecule has 90 valence electrons. The SMILES string of the molecule is CC[C@@H](c1nc(C(N)=O)co1)[C@@H](C)C(C)C. The van der Waals surface area contributed by atoms with Crippen molar-refractivity contribution in [2.24, 2.45) is 17.6 Å². The molecule has 0 spiro atoms. The van der Waals surface area contributed by atoms with E-state index in [0.717, 1.165) is 6.42 Å². The van der Waals surface area contributed by atoms with Crippen LogP contribution in [0.3, 0.4) is 0 Å². The Kier molecular flexibility index (Phi) is 4.10. The predicted molar refractivity (Wildman–Crippen MR) is 62.1 cm³/mol. The summed E-state index contributed by atoms with van der Waals surface area (Å²) >= 11 is 0. The Hall–Kier alpha value is -1.32. The molecule has 0 aliphatic carbocycles. The lowest BCUT2D eigenvalue weighted by Crippen LogP contribution is -2.16. The molecular formula is C12H20N2O2. The minimum absolute atomic E-state index is 0.212. The fraction of sp³-hybridized carbons (Fsp3) is 0.667. The first-order valence-corrected chi connectivity index (χ1v) is 5.72. The lowest BCUT2D eigenvalue weighted by Gasteiger charge is -2.22. The van der Waals surface area contributed by atoms with Crippen molar-refractivity contribution in [3.05, 3.63) is 17.8 Å². The maximum Gasteiger partial charge on any atom is 0.270 e. The lowest BCUT2D eigenvalue weighted by atomic mass is 9.83. The monoisotopic (exact) mass is 224 g/mol. The second kappa shape index (κ2) is 5.14. The van der Waals surface area contributed by atoms with Crippen molar-refractivity contribution >= 4 is 5.91 Å². The number of primary amides is 1. The minimum atomic E-state index is -0.540. The number of hydrogen-bond acceptors (Lipinski definition) is 3. The van der Waals surface area contributed by atoms with E-state index in [2.05, 4.69) is 32.7 Å². The third-order valence-corrected chi connectivity index (χ3v) is 3.22. The van der Waals surface area contributed by atoms with E-state index >= 15 is 0 Å². The number of oxazole rings is 1. The smallest absolute Gasteiger partial charge is 0.270 e. The van der Waals surface area contributed by atoms with Crippen LogP contribution < -0.4 is 5.73 Å². The van der Waals surface area contributed by atoms with E-state index in [0.29, 0.717) is 17.7 Å². The molecule has 2 atom stereocenters. The molecule has 0 bridgehead atoms. The molecular weight excluding hydrogens is 204 g/mol. The largest absolute Gasteiger partial charge is 0.448 e. The Morgan fingerprint density at radius 3 is 2.50 bits per heavy atom. The second-order valence-electron chi connectivity index (χ2n) is 4.55. The molecule has 1 aromatic heterocycles. The fourth-order valence-electron chi connectivity index (χ4n) is 1.81. The van der Waals surface area contributed by atoms with Crippen LogP contribution in [0.15, 0.2) is 10.7 Å². The van der Waals surface area contributed by atoms with E-state index < -0.39 is 5.91 Å². The van der Waals surface area contributed by atoms with Gasteiger partial charge in [0.15, 0.2) is 11.6 Å². The van der Waals surface area contributed by atoms with Gasteiger partial charge in [-0.25, -0.2) is 4.98 Å². The molecule has 0 saturated heterocycles. The standard InChI is InChI=1S/C12H20N2O2/c1-5-9(8(4)7(2)3)12-14-10(6-16-12)11(13)15/h6-9H,5H2,1-4H3,(H2,13,15)/t8-,9+/m0/s1. The van der Waals surface area contributed by atoms with E-state index in [1.54, 1.807) is 0 Å².